The summed E-state index contributed by atoms with van der Waals surface area (Å²) in [5, 5.41) is 9.26. The van der Waals surface area contributed by atoms with Crippen LogP contribution in [0.2, 0.25) is 0 Å². The number of anilines is 2. The Morgan fingerprint density at radius 1 is 1.23 bits per heavy atom. The van der Waals surface area contributed by atoms with Gasteiger partial charge in [0.05, 0.1) is 12.0 Å². The molecule has 2 heterocycles. The van der Waals surface area contributed by atoms with E-state index in [1.165, 1.54) is 6.26 Å². The number of hydrogen-bond acceptors (Lipinski definition) is 4. The molecule has 1 aliphatic rings. The molecule has 0 unspecified atom stereocenters. The van der Waals surface area contributed by atoms with Crippen molar-refractivity contribution in [1.29, 1.82) is 0 Å². The third-order valence-electron chi connectivity index (χ3n) is 4.61. The first-order valence-electron chi connectivity index (χ1n) is 7.89. The lowest BCUT2D eigenvalue weighted by molar-refractivity contribution is -0.161. The highest BCUT2D eigenvalue weighted by atomic mass is 19.4. The first kappa shape index (κ1) is 16.5. The van der Waals surface area contributed by atoms with Gasteiger partial charge in [0.1, 0.15) is 11.1 Å². The van der Waals surface area contributed by atoms with Crippen molar-refractivity contribution in [3.8, 4) is 0 Å². The highest BCUT2D eigenvalue weighted by molar-refractivity contribution is 6.04. The molecule has 3 aromatic rings. The van der Waals surface area contributed by atoms with Crippen LogP contribution in [0.1, 0.15) is 24.1 Å². The Morgan fingerprint density at radius 3 is 2.69 bits per heavy atom. The molecule has 0 aliphatic heterocycles. The topological polar surface area (TPSA) is 80.3 Å². The number of furan rings is 1. The number of aromatic nitrogens is 1. The number of halogens is 3. The van der Waals surface area contributed by atoms with Gasteiger partial charge >= 0.3 is 12.2 Å². The number of urea groups is 1. The number of nitrogens with one attached hydrogen (secondary N) is 2. The number of rotatable bonds is 3. The molecule has 2 N–H and O–H groups in total. The Kier molecular flexibility index (Phi) is 3.50. The van der Waals surface area contributed by atoms with Crippen molar-refractivity contribution in [3.63, 3.8) is 0 Å². The fraction of sp³-hybridized carbons (Fsp3) is 0.294. The van der Waals surface area contributed by atoms with E-state index in [0.717, 1.165) is 17.0 Å². The lowest BCUT2D eigenvalue weighted by Crippen LogP contribution is -2.28. The average molecular weight is 365 g/mol. The van der Waals surface area contributed by atoms with Crippen molar-refractivity contribution < 1.29 is 26.9 Å². The van der Waals surface area contributed by atoms with Crippen LogP contribution in [0, 0.1) is 6.92 Å². The SMILES string of the molecule is Cc1ccc(NC(=O)Nc2cc(C3(C(F)(F)F)CC3)no2)c2occc12. The molecular formula is C17H14F3N3O3. The zero-order valence-electron chi connectivity index (χ0n) is 13.6. The van der Waals surface area contributed by atoms with Gasteiger partial charge < -0.3 is 14.3 Å². The van der Waals surface area contributed by atoms with Gasteiger partial charge in [-0.2, -0.15) is 13.2 Å². The van der Waals surface area contributed by atoms with E-state index in [4.69, 9.17) is 8.94 Å². The normalized spacial score (nSPS) is 15.8. The van der Waals surface area contributed by atoms with E-state index in [9.17, 15) is 18.0 Å². The lowest BCUT2D eigenvalue weighted by Gasteiger charge is -2.15. The fourth-order valence-electron chi connectivity index (χ4n) is 2.94. The summed E-state index contributed by atoms with van der Waals surface area (Å²) in [5.74, 6) is -0.157. The molecule has 1 aliphatic carbocycles. The van der Waals surface area contributed by atoms with Crippen LogP contribution in [-0.4, -0.2) is 17.4 Å². The average Bonchev–Trinajstić information content (AvgIpc) is 3.02. The molecule has 0 spiro atoms. The molecule has 0 radical (unpaired) electrons. The number of aryl methyl sites for hydroxylation is 1. The standard InChI is InChI=1S/C17H14F3N3O3/c1-9-2-3-11(14-10(9)4-7-25-14)21-15(24)22-13-8-12(23-26-13)16(5-6-16)17(18,19)20/h2-4,7-8H,5-6H2,1H3,(H2,21,22,24). The first-order valence-corrected chi connectivity index (χ1v) is 7.89. The Labute approximate surface area is 145 Å². The van der Waals surface area contributed by atoms with Crippen LogP contribution in [0.3, 0.4) is 0 Å². The van der Waals surface area contributed by atoms with Crippen LogP contribution in [0.15, 0.2) is 39.5 Å². The van der Waals surface area contributed by atoms with E-state index in [2.05, 4.69) is 15.8 Å². The molecule has 0 bridgehead atoms. The van der Waals surface area contributed by atoms with E-state index >= 15 is 0 Å². The number of hydrogen-bond donors (Lipinski definition) is 2. The van der Waals surface area contributed by atoms with Crippen molar-refractivity contribution in [2.24, 2.45) is 0 Å². The maximum atomic E-state index is 13.1. The number of benzene rings is 1. The van der Waals surface area contributed by atoms with Gasteiger partial charge in [0.25, 0.3) is 0 Å². The van der Waals surface area contributed by atoms with Crippen molar-refractivity contribution >= 4 is 28.6 Å². The number of carbonyl (C=O) groups excluding carboxylic acids is 1. The molecule has 0 saturated heterocycles. The van der Waals surface area contributed by atoms with Crippen LogP contribution in [0.5, 0.6) is 0 Å². The summed E-state index contributed by atoms with van der Waals surface area (Å²) in [6.07, 6.45) is -2.95. The first-order chi connectivity index (χ1) is 12.3. The Hall–Kier alpha value is -2.97. The van der Waals surface area contributed by atoms with E-state index in [0.29, 0.717) is 11.3 Å². The third-order valence-corrected chi connectivity index (χ3v) is 4.61. The molecular weight excluding hydrogens is 351 g/mol. The molecule has 26 heavy (non-hydrogen) atoms. The largest absolute Gasteiger partial charge is 0.462 e. The summed E-state index contributed by atoms with van der Waals surface area (Å²) in [5.41, 5.74) is -0.246. The van der Waals surface area contributed by atoms with E-state index in [1.54, 1.807) is 12.1 Å². The second kappa shape index (κ2) is 5.52. The van der Waals surface area contributed by atoms with Gasteiger partial charge in [0.2, 0.25) is 5.88 Å². The summed E-state index contributed by atoms with van der Waals surface area (Å²) in [4.78, 5) is 12.1. The maximum Gasteiger partial charge on any atom is 0.400 e. The highest BCUT2D eigenvalue weighted by Gasteiger charge is 2.66. The number of alkyl halides is 3. The summed E-state index contributed by atoms with van der Waals surface area (Å²) in [6.45, 7) is 1.91. The van der Waals surface area contributed by atoms with Gasteiger partial charge in [0, 0.05) is 11.5 Å². The molecule has 9 heteroatoms. The number of nitrogens with zero attached hydrogens (tertiary/aromatic N) is 1. The third kappa shape index (κ3) is 2.59. The molecule has 2 amide bonds. The van der Waals surface area contributed by atoms with Gasteiger partial charge in [-0.25, -0.2) is 4.79 Å². The van der Waals surface area contributed by atoms with Crippen LogP contribution in [0.4, 0.5) is 29.5 Å². The van der Waals surface area contributed by atoms with Crippen LogP contribution in [0.25, 0.3) is 11.0 Å². The van der Waals surface area contributed by atoms with Gasteiger partial charge in [-0.3, -0.25) is 5.32 Å². The molecule has 1 aromatic carbocycles. The van der Waals surface area contributed by atoms with Gasteiger partial charge in [0.15, 0.2) is 5.58 Å². The Bertz CT molecular complexity index is 986. The van der Waals surface area contributed by atoms with E-state index in [-0.39, 0.29) is 24.4 Å². The zero-order valence-corrected chi connectivity index (χ0v) is 13.6. The summed E-state index contributed by atoms with van der Waals surface area (Å²) < 4.78 is 49.5. The fourth-order valence-corrected chi connectivity index (χ4v) is 2.94. The minimum atomic E-state index is -4.39. The quantitative estimate of drug-likeness (QED) is 0.687. The van der Waals surface area contributed by atoms with Crippen LogP contribution >= 0.6 is 0 Å². The van der Waals surface area contributed by atoms with Crippen molar-refractivity contribution in [2.45, 2.75) is 31.4 Å². The van der Waals surface area contributed by atoms with E-state index in [1.807, 2.05) is 13.0 Å². The Balaban J connectivity index is 1.49. The van der Waals surface area contributed by atoms with Gasteiger partial charge in [-0.15, -0.1) is 0 Å². The minimum absolute atomic E-state index is 0.0332. The summed E-state index contributed by atoms with van der Waals surface area (Å²) in [6, 6.07) is 5.71. The number of fused-ring (bicyclic) bond motifs is 1. The molecule has 136 valence electrons. The molecule has 1 fully saturated rings. The predicted molar refractivity (Wildman–Crippen MR) is 87.1 cm³/mol. The second-order valence-corrected chi connectivity index (χ2v) is 6.33. The van der Waals surface area contributed by atoms with Crippen molar-refractivity contribution in [3.05, 3.63) is 41.8 Å². The zero-order chi connectivity index (χ0) is 18.5. The smallest absolute Gasteiger partial charge is 0.400 e. The van der Waals surface area contributed by atoms with Crippen molar-refractivity contribution in [1.82, 2.24) is 5.16 Å². The van der Waals surface area contributed by atoms with Gasteiger partial charge in [-0.1, -0.05) is 11.2 Å². The molecule has 1 saturated carbocycles. The lowest BCUT2D eigenvalue weighted by atomic mass is 10.0. The monoisotopic (exact) mass is 365 g/mol. The summed E-state index contributed by atoms with van der Waals surface area (Å²) in [7, 11) is 0. The number of carbonyl (C=O) groups is 1. The van der Waals surface area contributed by atoms with E-state index < -0.39 is 17.6 Å². The number of amides is 2. The highest BCUT2D eigenvalue weighted by Crippen LogP contribution is 2.58. The summed E-state index contributed by atoms with van der Waals surface area (Å²) >= 11 is 0. The minimum Gasteiger partial charge on any atom is -0.462 e. The predicted octanol–water partition coefficient (Wildman–Crippen LogP) is 4.97. The van der Waals surface area contributed by atoms with Gasteiger partial charge in [-0.05, 0) is 37.5 Å². The van der Waals surface area contributed by atoms with Crippen LogP contribution in [-0.2, 0) is 5.41 Å². The van der Waals surface area contributed by atoms with Crippen LogP contribution < -0.4 is 10.6 Å². The second-order valence-electron chi connectivity index (χ2n) is 6.33. The maximum absolute atomic E-state index is 13.1. The Morgan fingerprint density at radius 2 is 2.00 bits per heavy atom. The molecule has 0 atom stereocenters. The van der Waals surface area contributed by atoms with Crippen molar-refractivity contribution in [2.75, 3.05) is 10.6 Å². The molecule has 2 aromatic heterocycles. The molecule has 4 rings (SSSR count). The molecule has 6 nitrogen and oxygen atoms in total.